The fourth-order valence-corrected chi connectivity index (χ4v) is 5.54. The quantitative estimate of drug-likeness (QED) is 0.815. The molecule has 3 rings (SSSR count). The second-order valence-electron chi connectivity index (χ2n) is 6.95. The average Bonchev–Trinajstić information content (AvgIpc) is 2.45. The summed E-state index contributed by atoms with van der Waals surface area (Å²) in [5.74, 6) is -1.94. The third-order valence-corrected chi connectivity index (χ3v) is 6.18. The second kappa shape index (κ2) is 5.38. The van der Waals surface area contributed by atoms with Gasteiger partial charge in [-0.2, -0.15) is 0 Å². The van der Waals surface area contributed by atoms with Crippen molar-refractivity contribution in [3.8, 4) is 0 Å². The molecule has 0 bridgehead atoms. The zero-order valence-corrected chi connectivity index (χ0v) is 11.8. The molecule has 2 N–H and O–H groups in total. The van der Waals surface area contributed by atoms with Crippen LogP contribution >= 0.6 is 0 Å². The third kappa shape index (κ3) is 2.13. The molecule has 3 saturated carbocycles. The number of carbonyl (C=O) groups is 2. The minimum atomic E-state index is -0.877. The number of hydrogen-bond acceptors (Lipinski definition) is 2. The minimum Gasteiger partial charge on any atom is -0.481 e. The maximum absolute atomic E-state index is 11.7. The van der Waals surface area contributed by atoms with Gasteiger partial charge in [-0.25, -0.2) is 0 Å². The molecule has 6 unspecified atom stereocenters. The van der Waals surface area contributed by atoms with Crippen LogP contribution in [0, 0.1) is 35.5 Å². The largest absolute Gasteiger partial charge is 0.481 e. The summed E-state index contributed by atoms with van der Waals surface area (Å²) in [6, 6.07) is 0. The molecule has 0 aromatic rings. The van der Waals surface area contributed by atoms with Crippen molar-refractivity contribution in [3.63, 3.8) is 0 Å². The highest BCUT2D eigenvalue weighted by Crippen LogP contribution is 2.56. The summed E-state index contributed by atoms with van der Waals surface area (Å²) < 4.78 is 0. The Morgan fingerprint density at radius 2 is 0.900 bits per heavy atom. The molecule has 6 atom stereocenters. The summed E-state index contributed by atoms with van der Waals surface area (Å²) in [6.45, 7) is 0. The lowest BCUT2D eigenvalue weighted by Crippen LogP contribution is -2.53. The van der Waals surface area contributed by atoms with Crippen molar-refractivity contribution in [2.75, 3.05) is 0 Å². The molecule has 0 aliphatic heterocycles. The van der Waals surface area contributed by atoms with Gasteiger partial charge in [0.25, 0.3) is 0 Å². The summed E-state index contributed by atoms with van der Waals surface area (Å²) in [5, 5.41) is 19.2. The van der Waals surface area contributed by atoms with Crippen LogP contribution in [-0.2, 0) is 9.59 Å². The van der Waals surface area contributed by atoms with Crippen LogP contribution in [0.5, 0.6) is 0 Å². The molecule has 0 aromatic heterocycles. The Morgan fingerprint density at radius 3 is 1.20 bits per heavy atom. The Labute approximate surface area is 119 Å². The Hall–Kier alpha value is -1.06. The topological polar surface area (TPSA) is 74.6 Å². The molecule has 112 valence electrons. The number of hydrogen-bond donors (Lipinski definition) is 2. The highest BCUT2D eigenvalue weighted by molar-refractivity contribution is 5.81. The number of aliphatic carboxylic acids is 2. The average molecular weight is 280 g/mol. The van der Waals surface area contributed by atoms with E-state index in [1.165, 1.54) is 12.8 Å². The molecule has 4 heteroatoms. The summed E-state index contributed by atoms with van der Waals surface area (Å²) in [4.78, 5) is 23.5. The van der Waals surface area contributed by atoms with Crippen molar-refractivity contribution < 1.29 is 19.8 Å². The second-order valence-corrected chi connectivity index (χ2v) is 6.95. The van der Waals surface area contributed by atoms with E-state index in [1.54, 1.807) is 0 Å². The van der Waals surface area contributed by atoms with Gasteiger partial charge in [0, 0.05) is 0 Å². The molecule has 0 heterocycles. The molecular formula is C16H24O4. The van der Waals surface area contributed by atoms with E-state index in [9.17, 15) is 19.8 Å². The molecule has 20 heavy (non-hydrogen) atoms. The molecule has 0 saturated heterocycles. The predicted octanol–water partition coefficient (Wildman–Crippen LogP) is 3.01. The minimum absolute atomic E-state index is 0.0988. The van der Waals surface area contributed by atoms with Crippen LogP contribution in [0.1, 0.15) is 51.4 Å². The van der Waals surface area contributed by atoms with Gasteiger partial charge in [0.1, 0.15) is 0 Å². The van der Waals surface area contributed by atoms with Crippen LogP contribution < -0.4 is 0 Å². The fourth-order valence-electron chi connectivity index (χ4n) is 5.54. The van der Waals surface area contributed by atoms with Crippen molar-refractivity contribution in [3.05, 3.63) is 0 Å². The lowest BCUT2D eigenvalue weighted by molar-refractivity contribution is -0.172. The first-order valence-electron chi connectivity index (χ1n) is 8.07. The molecule has 0 amide bonds. The predicted molar refractivity (Wildman–Crippen MR) is 73.1 cm³/mol. The van der Waals surface area contributed by atoms with E-state index >= 15 is 0 Å². The molecule has 0 radical (unpaired) electrons. The van der Waals surface area contributed by atoms with Gasteiger partial charge in [0.05, 0.1) is 11.8 Å². The van der Waals surface area contributed by atoms with Crippen molar-refractivity contribution >= 4 is 11.9 Å². The van der Waals surface area contributed by atoms with E-state index in [-0.39, 0.29) is 11.8 Å². The monoisotopic (exact) mass is 280 g/mol. The van der Waals surface area contributed by atoms with E-state index in [0.29, 0.717) is 11.8 Å². The SMILES string of the molecule is O=C(O)C1C2CCCCC2C2CCCCC2C1C(=O)O. The Balaban J connectivity index is 1.98. The first-order valence-corrected chi connectivity index (χ1v) is 8.07. The van der Waals surface area contributed by atoms with Crippen LogP contribution in [0.15, 0.2) is 0 Å². The van der Waals surface area contributed by atoms with E-state index < -0.39 is 23.8 Å². The van der Waals surface area contributed by atoms with Crippen molar-refractivity contribution in [2.24, 2.45) is 35.5 Å². The van der Waals surface area contributed by atoms with Crippen LogP contribution in [0.4, 0.5) is 0 Å². The lowest BCUT2D eigenvalue weighted by Gasteiger charge is -2.53. The molecule has 3 aliphatic carbocycles. The summed E-state index contributed by atoms with van der Waals surface area (Å²) in [5.41, 5.74) is 0. The van der Waals surface area contributed by atoms with E-state index in [2.05, 4.69) is 0 Å². The smallest absolute Gasteiger partial charge is 0.307 e. The summed E-state index contributed by atoms with van der Waals surface area (Å²) in [6.07, 6.45) is 8.56. The summed E-state index contributed by atoms with van der Waals surface area (Å²) in [7, 11) is 0. The van der Waals surface area contributed by atoms with Gasteiger partial charge in [0.2, 0.25) is 0 Å². The van der Waals surface area contributed by atoms with Gasteiger partial charge in [-0.15, -0.1) is 0 Å². The van der Waals surface area contributed by atoms with Crippen LogP contribution in [0.2, 0.25) is 0 Å². The van der Waals surface area contributed by atoms with E-state index in [0.717, 1.165) is 38.5 Å². The molecule has 3 aliphatic rings. The number of carboxylic acid groups (broad SMARTS) is 2. The van der Waals surface area contributed by atoms with Crippen LogP contribution in [-0.4, -0.2) is 22.2 Å². The van der Waals surface area contributed by atoms with E-state index in [1.807, 2.05) is 0 Å². The fraction of sp³-hybridized carbons (Fsp3) is 0.875. The van der Waals surface area contributed by atoms with Crippen molar-refractivity contribution in [1.29, 1.82) is 0 Å². The van der Waals surface area contributed by atoms with Gasteiger partial charge in [-0.05, 0) is 49.4 Å². The molecular weight excluding hydrogens is 256 g/mol. The molecule has 3 fully saturated rings. The van der Waals surface area contributed by atoms with Crippen LogP contribution in [0.25, 0.3) is 0 Å². The zero-order chi connectivity index (χ0) is 14.3. The summed E-state index contributed by atoms with van der Waals surface area (Å²) >= 11 is 0. The van der Waals surface area contributed by atoms with Gasteiger partial charge in [-0.1, -0.05) is 25.7 Å². The Kier molecular flexibility index (Phi) is 3.74. The highest BCUT2D eigenvalue weighted by atomic mass is 16.4. The van der Waals surface area contributed by atoms with Gasteiger partial charge in [0.15, 0.2) is 0 Å². The normalized spacial score (nSPS) is 44.2. The standard InChI is InChI=1S/C16H24O4/c17-15(18)13-11-7-3-1-5-9(11)10-6-2-4-8-12(10)14(13)16(19)20/h9-14H,1-8H2,(H,17,18)(H,19,20). The van der Waals surface area contributed by atoms with Crippen molar-refractivity contribution in [2.45, 2.75) is 51.4 Å². The van der Waals surface area contributed by atoms with Gasteiger partial charge in [-0.3, -0.25) is 9.59 Å². The first-order chi connectivity index (χ1) is 9.61. The maximum Gasteiger partial charge on any atom is 0.307 e. The number of rotatable bonds is 2. The van der Waals surface area contributed by atoms with Gasteiger partial charge >= 0.3 is 11.9 Å². The maximum atomic E-state index is 11.7. The molecule has 0 spiro atoms. The molecule has 4 nitrogen and oxygen atoms in total. The number of carboxylic acids is 2. The Morgan fingerprint density at radius 1 is 0.600 bits per heavy atom. The van der Waals surface area contributed by atoms with E-state index in [4.69, 9.17) is 0 Å². The third-order valence-electron chi connectivity index (χ3n) is 6.18. The van der Waals surface area contributed by atoms with Gasteiger partial charge < -0.3 is 10.2 Å². The zero-order valence-electron chi connectivity index (χ0n) is 11.8. The highest BCUT2D eigenvalue weighted by Gasteiger charge is 2.55. The first kappa shape index (κ1) is 13.9. The Bertz CT molecular complexity index is 367. The lowest BCUT2D eigenvalue weighted by atomic mass is 9.50. The molecule has 0 aromatic carbocycles. The van der Waals surface area contributed by atoms with Crippen LogP contribution in [0.3, 0.4) is 0 Å². The van der Waals surface area contributed by atoms with Crippen molar-refractivity contribution in [1.82, 2.24) is 0 Å². The number of fused-ring (bicyclic) bond motifs is 3.